The van der Waals surface area contributed by atoms with Crippen LogP contribution in [-0.4, -0.2) is 39.4 Å². The Morgan fingerprint density at radius 2 is 1.59 bits per heavy atom. The number of hydrogen-bond donors (Lipinski definition) is 1. The van der Waals surface area contributed by atoms with Gasteiger partial charge in [-0.1, -0.05) is 30.3 Å². The molecular weight excluding hydrogens is 435 g/mol. The van der Waals surface area contributed by atoms with E-state index in [2.05, 4.69) is 5.32 Å². The Morgan fingerprint density at radius 1 is 0.938 bits per heavy atom. The highest BCUT2D eigenvalue weighted by molar-refractivity contribution is 7.89. The van der Waals surface area contributed by atoms with E-state index in [4.69, 9.17) is 9.47 Å². The van der Waals surface area contributed by atoms with Crippen LogP contribution in [-0.2, 0) is 21.4 Å². The van der Waals surface area contributed by atoms with E-state index in [0.29, 0.717) is 22.7 Å². The van der Waals surface area contributed by atoms with Crippen molar-refractivity contribution in [1.82, 2.24) is 4.31 Å². The molecule has 0 fully saturated rings. The van der Waals surface area contributed by atoms with Gasteiger partial charge in [0.25, 0.3) is 0 Å². The molecule has 9 heteroatoms. The van der Waals surface area contributed by atoms with Crippen molar-refractivity contribution in [2.24, 2.45) is 0 Å². The van der Waals surface area contributed by atoms with E-state index in [1.165, 1.54) is 26.4 Å². The topological polar surface area (TPSA) is 84.9 Å². The van der Waals surface area contributed by atoms with Crippen LogP contribution in [0.25, 0.3) is 0 Å². The summed E-state index contributed by atoms with van der Waals surface area (Å²) in [6.45, 7) is -0.469. The number of anilines is 1. The quantitative estimate of drug-likeness (QED) is 0.529. The van der Waals surface area contributed by atoms with E-state index in [-0.39, 0.29) is 11.4 Å². The third-order valence-corrected chi connectivity index (χ3v) is 6.45. The molecule has 0 saturated heterocycles. The Bertz CT molecular complexity index is 1170. The first-order chi connectivity index (χ1) is 15.3. The van der Waals surface area contributed by atoms with Gasteiger partial charge in [0, 0.05) is 18.3 Å². The fourth-order valence-corrected chi connectivity index (χ4v) is 4.43. The number of hydrogen-bond acceptors (Lipinski definition) is 5. The van der Waals surface area contributed by atoms with Crippen molar-refractivity contribution in [3.8, 4) is 11.5 Å². The number of rotatable bonds is 9. The van der Waals surface area contributed by atoms with Crippen LogP contribution in [0.15, 0.2) is 77.7 Å². The van der Waals surface area contributed by atoms with Crippen molar-refractivity contribution >= 4 is 21.6 Å². The van der Waals surface area contributed by atoms with Crippen molar-refractivity contribution in [2.45, 2.75) is 11.4 Å². The first-order valence-electron chi connectivity index (χ1n) is 9.65. The summed E-state index contributed by atoms with van der Waals surface area (Å²) < 4.78 is 51.2. The molecule has 0 radical (unpaired) electrons. The Balaban J connectivity index is 1.85. The van der Waals surface area contributed by atoms with Crippen LogP contribution in [0.3, 0.4) is 0 Å². The lowest BCUT2D eigenvalue weighted by atomic mass is 10.2. The summed E-state index contributed by atoms with van der Waals surface area (Å²) in [4.78, 5) is 12.6. The summed E-state index contributed by atoms with van der Waals surface area (Å²) in [5, 5.41) is 2.68. The lowest BCUT2D eigenvalue weighted by Gasteiger charge is -2.22. The van der Waals surface area contributed by atoms with E-state index in [1.807, 2.05) is 6.07 Å². The van der Waals surface area contributed by atoms with Gasteiger partial charge >= 0.3 is 0 Å². The summed E-state index contributed by atoms with van der Waals surface area (Å²) >= 11 is 0. The van der Waals surface area contributed by atoms with E-state index < -0.39 is 28.3 Å². The molecular formula is C23H23FN2O5S. The molecule has 0 aliphatic rings. The largest absolute Gasteiger partial charge is 0.493 e. The lowest BCUT2D eigenvalue weighted by molar-refractivity contribution is -0.116. The summed E-state index contributed by atoms with van der Waals surface area (Å²) in [5.74, 6) is -0.177. The van der Waals surface area contributed by atoms with E-state index >= 15 is 0 Å². The maximum atomic E-state index is 13.3. The minimum atomic E-state index is -4.07. The molecule has 0 aliphatic heterocycles. The van der Waals surface area contributed by atoms with Crippen LogP contribution >= 0.6 is 0 Å². The molecule has 1 N–H and O–H groups in total. The van der Waals surface area contributed by atoms with Crippen LogP contribution in [0, 0.1) is 5.82 Å². The van der Waals surface area contributed by atoms with Crippen LogP contribution in [0.5, 0.6) is 11.5 Å². The van der Waals surface area contributed by atoms with Gasteiger partial charge in [0.15, 0.2) is 11.5 Å². The Hall–Kier alpha value is -3.43. The molecule has 1 amide bonds. The maximum absolute atomic E-state index is 13.3. The summed E-state index contributed by atoms with van der Waals surface area (Å²) in [6.07, 6.45) is 0. The minimum Gasteiger partial charge on any atom is -0.493 e. The number of methoxy groups -OCH3 is 2. The lowest BCUT2D eigenvalue weighted by Crippen LogP contribution is -2.37. The molecule has 0 spiro atoms. The van der Waals surface area contributed by atoms with Gasteiger partial charge in [0.1, 0.15) is 5.82 Å². The molecule has 0 aliphatic carbocycles. The second kappa shape index (κ2) is 10.3. The van der Waals surface area contributed by atoms with Crippen molar-refractivity contribution in [3.05, 3.63) is 84.2 Å². The first kappa shape index (κ1) is 23.2. The van der Waals surface area contributed by atoms with Gasteiger partial charge in [-0.3, -0.25) is 4.79 Å². The summed E-state index contributed by atoms with van der Waals surface area (Å²) in [6, 6.07) is 18.2. The van der Waals surface area contributed by atoms with Crippen molar-refractivity contribution < 1.29 is 27.1 Å². The predicted octanol–water partition coefficient (Wildman–Crippen LogP) is 3.67. The Morgan fingerprint density at radius 3 is 2.22 bits per heavy atom. The predicted molar refractivity (Wildman–Crippen MR) is 119 cm³/mol. The van der Waals surface area contributed by atoms with E-state index in [0.717, 1.165) is 16.4 Å². The number of sulfonamides is 1. The molecule has 0 bridgehead atoms. The molecule has 0 atom stereocenters. The molecule has 168 valence electrons. The normalized spacial score (nSPS) is 11.2. The third kappa shape index (κ3) is 5.63. The number of ether oxygens (including phenoxy) is 2. The number of benzene rings is 3. The van der Waals surface area contributed by atoms with Gasteiger partial charge in [-0.25, -0.2) is 12.8 Å². The molecule has 7 nitrogen and oxygen atoms in total. The third-order valence-electron chi connectivity index (χ3n) is 4.64. The fourth-order valence-electron chi connectivity index (χ4n) is 3.04. The van der Waals surface area contributed by atoms with Gasteiger partial charge < -0.3 is 14.8 Å². The molecule has 0 saturated carbocycles. The highest BCUT2D eigenvalue weighted by Gasteiger charge is 2.27. The average molecular weight is 459 g/mol. The molecule has 32 heavy (non-hydrogen) atoms. The summed E-state index contributed by atoms with van der Waals surface area (Å²) in [7, 11) is -1.10. The average Bonchev–Trinajstić information content (AvgIpc) is 2.79. The molecule has 0 aromatic heterocycles. The SMILES string of the molecule is COc1ccc(NC(=O)CN(Cc2ccccc2)S(=O)(=O)c2ccc(F)cc2)cc1OC. The highest BCUT2D eigenvalue weighted by atomic mass is 32.2. The molecule has 3 rings (SSSR count). The number of halogens is 1. The first-order valence-corrected chi connectivity index (χ1v) is 11.1. The zero-order valence-electron chi connectivity index (χ0n) is 17.6. The fraction of sp³-hybridized carbons (Fsp3) is 0.174. The van der Waals surface area contributed by atoms with Gasteiger partial charge in [-0.05, 0) is 42.0 Å². The number of amides is 1. The molecule has 0 heterocycles. The van der Waals surface area contributed by atoms with Crippen molar-refractivity contribution in [1.29, 1.82) is 0 Å². The summed E-state index contributed by atoms with van der Waals surface area (Å²) in [5.41, 5.74) is 1.13. The van der Waals surface area contributed by atoms with Crippen LogP contribution in [0.4, 0.5) is 10.1 Å². The number of carbonyl (C=O) groups is 1. The maximum Gasteiger partial charge on any atom is 0.243 e. The van der Waals surface area contributed by atoms with Gasteiger partial charge in [0.05, 0.1) is 25.7 Å². The van der Waals surface area contributed by atoms with Gasteiger partial charge in [-0.2, -0.15) is 4.31 Å². The number of carbonyl (C=O) groups excluding carboxylic acids is 1. The second-order valence-electron chi connectivity index (χ2n) is 6.83. The van der Waals surface area contributed by atoms with Gasteiger partial charge in [0.2, 0.25) is 15.9 Å². The Kier molecular flexibility index (Phi) is 7.45. The van der Waals surface area contributed by atoms with E-state index in [9.17, 15) is 17.6 Å². The second-order valence-corrected chi connectivity index (χ2v) is 8.77. The Labute approximate surface area is 186 Å². The van der Waals surface area contributed by atoms with E-state index in [1.54, 1.807) is 42.5 Å². The number of nitrogens with one attached hydrogen (secondary N) is 1. The highest BCUT2D eigenvalue weighted by Crippen LogP contribution is 2.29. The minimum absolute atomic E-state index is 0.0279. The zero-order chi connectivity index (χ0) is 23.1. The van der Waals surface area contributed by atoms with Crippen molar-refractivity contribution in [2.75, 3.05) is 26.1 Å². The zero-order valence-corrected chi connectivity index (χ0v) is 18.4. The van der Waals surface area contributed by atoms with Crippen molar-refractivity contribution in [3.63, 3.8) is 0 Å². The monoisotopic (exact) mass is 458 g/mol. The van der Waals surface area contributed by atoms with Crippen LogP contribution in [0.2, 0.25) is 0 Å². The van der Waals surface area contributed by atoms with Gasteiger partial charge in [-0.15, -0.1) is 0 Å². The number of nitrogens with zero attached hydrogens (tertiary/aromatic N) is 1. The van der Waals surface area contributed by atoms with Crippen LogP contribution in [0.1, 0.15) is 5.56 Å². The molecule has 3 aromatic carbocycles. The van der Waals surface area contributed by atoms with Crippen LogP contribution < -0.4 is 14.8 Å². The smallest absolute Gasteiger partial charge is 0.243 e. The molecule has 3 aromatic rings. The molecule has 0 unspecified atom stereocenters. The standard InChI is InChI=1S/C23H23FN2O5S/c1-30-21-13-10-19(14-22(21)31-2)25-23(27)16-26(15-17-6-4-3-5-7-17)32(28,29)20-11-8-18(24)9-12-20/h3-14H,15-16H2,1-2H3,(H,25,27).